The second kappa shape index (κ2) is 8.07. The van der Waals surface area contributed by atoms with Crippen molar-refractivity contribution in [1.29, 1.82) is 0 Å². The minimum Gasteiger partial charge on any atom is -0.493 e. The number of sulfonamides is 1. The van der Waals surface area contributed by atoms with Gasteiger partial charge < -0.3 is 9.47 Å². The van der Waals surface area contributed by atoms with Crippen molar-refractivity contribution in [3.05, 3.63) is 65.1 Å². The molecule has 0 radical (unpaired) electrons. The van der Waals surface area contributed by atoms with E-state index in [-0.39, 0.29) is 27.3 Å². The number of aromatic nitrogens is 2. The summed E-state index contributed by atoms with van der Waals surface area (Å²) in [4.78, 5) is -0.0331. The van der Waals surface area contributed by atoms with E-state index in [1.165, 1.54) is 55.4 Å². The van der Waals surface area contributed by atoms with Gasteiger partial charge in [-0.05, 0) is 29.8 Å². The number of nitrogens with zero attached hydrogens (tertiary/aromatic N) is 2. The maximum atomic E-state index is 13.0. The molecule has 0 unspecified atom stereocenters. The van der Waals surface area contributed by atoms with Crippen molar-refractivity contribution in [1.82, 2.24) is 9.78 Å². The van der Waals surface area contributed by atoms with Gasteiger partial charge in [-0.25, -0.2) is 12.8 Å². The second-order valence-electron chi connectivity index (χ2n) is 5.77. The molecule has 0 atom stereocenters. The summed E-state index contributed by atoms with van der Waals surface area (Å²) < 4.78 is 52.4. The van der Waals surface area contributed by atoms with E-state index >= 15 is 0 Å². The van der Waals surface area contributed by atoms with Gasteiger partial charge in [0.25, 0.3) is 10.0 Å². The van der Waals surface area contributed by atoms with Crippen LogP contribution in [0.15, 0.2) is 53.6 Å². The normalized spacial score (nSPS) is 11.3. The summed E-state index contributed by atoms with van der Waals surface area (Å²) in [5, 5.41) is 4.29. The van der Waals surface area contributed by atoms with Crippen LogP contribution in [0.3, 0.4) is 0 Å². The molecule has 10 heteroatoms. The summed E-state index contributed by atoms with van der Waals surface area (Å²) in [6.45, 7) is 0.304. The van der Waals surface area contributed by atoms with E-state index in [9.17, 15) is 12.8 Å². The molecule has 3 rings (SSSR count). The molecular formula is C18H17ClFN3O4S. The van der Waals surface area contributed by atoms with E-state index in [0.717, 1.165) is 5.56 Å². The van der Waals surface area contributed by atoms with Gasteiger partial charge >= 0.3 is 0 Å². The highest BCUT2D eigenvalue weighted by Crippen LogP contribution is 2.31. The fourth-order valence-electron chi connectivity index (χ4n) is 2.49. The van der Waals surface area contributed by atoms with Crippen molar-refractivity contribution in [3.8, 4) is 11.5 Å². The lowest BCUT2D eigenvalue weighted by molar-refractivity contribution is 0.354. The molecule has 1 N–H and O–H groups in total. The number of methoxy groups -OCH3 is 2. The number of rotatable bonds is 7. The van der Waals surface area contributed by atoms with E-state index in [4.69, 9.17) is 21.1 Å². The highest BCUT2D eigenvalue weighted by molar-refractivity contribution is 7.92. The average Bonchev–Trinajstić information content (AvgIpc) is 3.01. The van der Waals surface area contributed by atoms with Gasteiger partial charge in [-0.15, -0.1) is 0 Å². The molecule has 0 saturated heterocycles. The maximum absolute atomic E-state index is 13.0. The number of halogens is 2. The van der Waals surface area contributed by atoms with Gasteiger partial charge in [0.15, 0.2) is 17.3 Å². The molecule has 1 heterocycles. The van der Waals surface area contributed by atoms with Gasteiger partial charge in [0.2, 0.25) is 0 Å². The zero-order chi connectivity index (χ0) is 20.3. The molecule has 0 saturated carbocycles. The lowest BCUT2D eigenvalue weighted by Gasteiger charge is -2.10. The van der Waals surface area contributed by atoms with Crippen LogP contribution in [0.4, 0.5) is 10.2 Å². The first-order valence-corrected chi connectivity index (χ1v) is 9.91. The van der Waals surface area contributed by atoms with Crippen molar-refractivity contribution in [2.24, 2.45) is 0 Å². The Hall–Kier alpha value is -2.78. The van der Waals surface area contributed by atoms with E-state index in [2.05, 4.69) is 9.82 Å². The number of ether oxygens (including phenoxy) is 2. The molecular weight excluding hydrogens is 409 g/mol. The van der Waals surface area contributed by atoms with Crippen molar-refractivity contribution in [3.63, 3.8) is 0 Å². The van der Waals surface area contributed by atoms with Crippen LogP contribution in [0.5, 0.6) is 11.5 Å². The molecule has 0 aliphatic heterocycles. The Kier molecular flexibility index (Phi) is 5.76. The van der Waals surface area contributed by atoms with Gasteiger partial charge in [-0.3, -0.25) is 9.40 Å². The molecule has 0 aliphatic carbocycles. The zero-order valence-electron chi connectivity index (χ0n) is 15.0. The summed E-state index contributed by atoms with van der Waals surface area (Å²) in [7, 11) is -1.09. The summed E-state index contributed by atoms with van der Waals surface area (Å²) in [6, 6.07) is 10.1. The number of nitrogens with one attached hydrogen (secondary N) is 1. The summed E-state index contributed by atoms with van der Waals surface area (Å²) >= 11 is 6.12. The first-order valence-electron chi connectivity index (χ1n) is 8.04. The molecule has 0 bridgehead atoms. The lowest BCUT2D eigenvalue weighted by Crippen LogP contribution is -2.14. The highest BCUT2D eigenvalue weighted by atomic mass is 35.5. The van der Waals surface area contributed by atoms with Crippen LogP contribution in [-0.4, -0.2) is 32.4 Å². The fraction of sp³-hybridized carbons (Fsp3) is 0.167. The molecule has 0 amide bonds. The lowest BCUT2D eigenvalue weighted by atomic mass is 10.2. The number of hydrogen-bond acceptors (Lipinski definition) is 5. The van der Waals surface area contributed by atoms with Crippen molar-refractivity contribution < 1.29 is 22.3 Å². The van der Waals surface area contributed by atoms with Gasteiger partial charge in [0, 0.05) is 12.3 Å². The van der Waals surface area contributed by atoms with Gasteiger partial charge in [0.1, 0.15) is 10.8 Å². The molecule has 3 aromatic rings. The van der Waals surface area contributed by atoms with E-state index < -0.39 is 10.0 Å². The van der Waals surface area contributed by atoms with Crippen LogP contribution in [-0.2, 0) is 16.6 Å². The van der Waals surface area contributed by atoms with Crippen LogP contribution in [0.2, 0.25) is 5.02 Å². The van der Waals surface area contributed by atoms with Crippen molar-refractivity contribution >= 4 is 27.4 Å². The molecule has 28 heavy (non-hydrogen) atoms. The average molecular weight is 426 g/mol. The Labute approximate surface area is 166 Å². The zero-order valence-corrected chi connectivity index (χ0v) is 16.6. The van der Waals surface area contributed by atoms with Crippen molar-refractivity contribution in [2.45, 2.75) is 11.4 Å². The van der Waals surface area contributed by atoms with E-state index in [1.807, 2.05) is 0 Å². The first-order chi connectivity index (χ1) is 13.3. The minimum atomic E-state index is -3.95. The second-order valence-corrected chi connectivity index (χ2v) is 7.86. The van der Waals surface area contributed by atoms with E-state index in [0.29, 0.717) is 12.3 Å². The van der Waals surface area contributed by atoms with Crippen LogP contribution in [0.1, 0.15) is 5.56 Å². The standard InChI is InChI=1S/C18H17ClFN3O4S/c1-26-16-8-7-14(9-17(16)27-2)28(24,25)22-18-15(19)11-23(21-18)10-12-3-5-13(20)6-4-12/h3-9,11H,10H2,1-2H3,(H,21,22). The number of hydrogen-bond donors (Lipinski definition) is 1. The third-order valence-electron chi connectivity index (χ3n) is 3.87. The quantitative estimate of drug-likeness (QED) is 0.626. The summed E-state index contributed by atoms with van der Waals surface area (Å²) in [6.07, 6.45) is 1.48. The third kappa shape index (κ3) is 4.37. The van der Waals surface area contributed by atoms with Crippen LogP contribution < -0.4 is 14.2 Å². The Morgan fingerprint density at radius 1 is 1.11 bits per heavy atom. The van der Waals surface area contributed by atoms with Crippen LogP contribution >= 0.6 is 11.6 Å². The molecule has 0 aliphatic rings. The monoisotopic (exact) mass is 425 g/mol. The topological polar surface area (TPSA) is 82.5 Å². The largest absolute Gasteiger partial charge is 0.493 e. The molecule has 7 nitrogen and oxygen atoms in total. The van der Waals surface area contributed by atoms with Gasteiger partial charge in [0.05, 0.1) is 25.7 Å². The Balaban J connectivity index is 1.82. The molecule has 148 valence electrons. The third-order valence-corrected chi connectivity index (χ3v) is 5.48. The van der Waals surface area contributed by atoms with E-state index in [1.54, 1.807) is 12.1 Å². The number of anilines is 1. The fourth-order valence-corrected chi connectivity index (χ4v) is 3.78. The summed E-state index contributed by atoms with van der Waals surface area (Å²) in [5.74, 6) is 0.325. The van der Waals surface area contributed by atoms with Gasteiger partial charge in [-0.1, -0.05) is 23.7 Å². The predicted octanol–water partition coefficient (Wildman–Crippen LogP) is 3.54. The Morgan fingerprint density at radius 3 is 2.43 bits per heavy atom. The SMILES string of the molecule is COc1ccc(S(=O)(=O)Nc2nn(Cc3ccc(F)cc3)cc2Cl)cc1OC. The van der Waals surface area contributed by atoms with Gasteiger partial charge in [-0.2, -0.15) is 5.10 Å². The minimum absolute atomic E-state index is 0.0152. The maximum Gasteiger partial charge on any atom is 0.263 e. The van der Waals surface area contributed by atoms with Crippen molar-refractivity contribution in [2.75, 3.05) is 18.9 Å². The van der Waals surface area contributed by atoms with Crippen LogP contribution in [0, 0.1) is 5.82 Å². The summed E-state index contributed by atoms with van der Waals surface area (Å²) in [5.41, 5.74) is 0.787. The smallest absolute Gasteiger partial charge is 0.263 e. The molecule has 2 aromatic carbocycles. The van der Waals surface area contributed by atoms with Crippen LogP contribution in [0.25, 0.3) is 0 Å². The molecule has 0 spiro atoms. The Morgan fingerprint density at radius 2 is 1.79 bits per heavy atom. The molecule has 0 fully saturated rings. The predicted molar refractivity (Wildman–Crippen MR) is 103 cm³/mol. The highest BCUT2D eigenvalue weighted by Gasteiger charge is 2.20. The molecule has 1 aromatic heterocycles. The Bertz CT molecular complexity index is 1080. The number of benzene rings is 2. The first kappa shape index (κ1) is 20.0.